The first-order chi connectivity index (χ1) is 8.97. The van der Waals surface area contributed by atoms with E-state index in [2.05, 4.69) is 4.74 Å². The smallest absolute Gasteiger partial charge is 0.308 e. The van der Waals surface area contributed by atoms with Crippen molar-refractivity contribution in [1.29, 1.82) is 0 Å². The Hall–Kier alpha value is -1.53. The third kappa shape index (κ3) is 4.25. The van der Waals surface area contributed by atoms with Gasteiger partial charge in [0.25, 0.3) is 6.43 Å². The average molecular weight is 274 g/mol. The fraction of sp³-hybridized carbons (Fsp3) is 0.462. The fourth-order valence-corrected chi connectivity index (χ4v) is 1.69. The van der Waals surface area contributed by atoms with Gasteiger partial charge in [-0.1, -0.05) is 24.3 Å². The average Bonchev–Trinajstić information content (AvgIpc) is 2.37. The topological polar surface area (TPSA) is 66.8 Å². The van der Waals surface area contributed by atoms with E-state index in [1.165, 1.54) is 24.3 Å². The lowest BCUT2D eigenvalue weighted by molar-refractivity contribution is -0.147. The van der Waals surface area contributed by atoms with Crippen LogP contribution in [0.1, 0.15) is 37.0 Å². The summed E-state index contributed by atoms with van der Waals surface area (Å²) >= 11 is 0. The Kier molecular flexibility index (Phi) is 5.85. The van der Waals surface area contributed by atoms with E-state index >= 15 is 0 Å². The molecule has 1 rings (SSSR count). The van der Waals surface area contributed by atoms with E-state index in [4.69, 9.17) is 0 Å². The van der Waals surface area contributed by atoms with Crippen molar-refractivity contribution in [3.05, 3.63) is 35.4 Å². The van der Waals surface area contributed by atoms with Gasteiger partial charge < -0.3 is 14.9 Å². The van der Waals surface area contributed by atoms with Gasteiger partial charge in [0.1, 0.15) is 6.10 Å². The van der Waals surface area contributed by atoms with E-state index in [9.17, 15) is 23.8 Å². The summed E-state index contributed by atoms with van der Waals surface area (Å²) in [6.45, 7) is 1.75. The summed E-state index contributed by atoms with van der Waals surface area (Å²) in [7, 11) is 0. The predicted molar refractivity (Wildman–Crippen MR) is 63.6 cm³/mol. The molecule has 6 heteroatoms. The number of hydrogen-bond acceptors (Lipinski definition) is 4. The van der Waals surface area contributed by atoms with Crippen molar-refractivity contribution in [2.24, 2.45) is 0 Å². The van der Waals surface area contributed by atoms with Crippen LogP contribution < -0.4 is 0 Å². The molecule has 0 aliphatic carbocycles. The van der Waals surface area contributed by atoms with Gasteiger partial charge in [-0.15, -0.1) is 0 Å². The van der Waals surface area contributed by atoms with E-state index < -0.39 is 31.0 Å². The van der Waals surface area contributed by atoms with E-state index in [-0.39, 0.29) is 17.7 Å². The van der Waals surface area contributed by atoms with Crippen LogP contribution in [0.25, 0.3) is 0 Å². The van der Waals surface area contributed by atoms with Crippen molar-refractivity contribution in [3.63, 3.8) is 0 Å². The monoisotopic (exact) mass is 274 g/mol. The molecule has 0 saturated heterocycles. The van der Waals surface area contributed by atoms with Gasteiger partial charge in [0.05, 0.1) is 19.1 Å². The number of ether oxygens (including phenoxy) is 1. The molecule has 4 nitrogen and oxygen atoms in total. The molecule has 0 bridgehead atoms. The summed E-state index contributed by atoms with van der Waals surface area (Å²) < 4.78 is 30.1. The van der Waals surface area contributed by atoms with Crippen LogP contribution >= 0.6 is 0 Å². The van der Waals surface area contributed by atoms with Gasteiger partial charge in [-0.2, -0.15) is 0 Å². The molecule has 2 atom stereocenters. The molecule has 0 radical (unpaired) electrons. The summed E-state index contributed by atoms with van der Waals surface area (Å²) in [4.78, 5) is 11.2. The highest BCUT2D eigenvalue weighted by molar-refractivity contribution is 5.70. The summed E-state index contributed by atoms with van der Waals surface area (Å²) in [6, 6.07) is 5.35. The quantitative estimate of drug-likeness (QED) is 0.778. The molecule has 0 aliphatic rings. The molecule has 1 aromatic rings. The second-order valence-corrected chi connectivity index (χ2v) is 3.95. The van der Waals surface area contributed by atoms with Crippen LogP contribution in [0, 0.1) is 0 Å². The lowest BCUT2D eigenvalue weighted by Crippen LogP contribution is -2.24. The van der Waals surface area contributed by atoms with Crippen molar-refractivity contribution >= 4 is 5.97 Å². The van der Waals surface area contributed by atoms with Crippen LogP contribution in [0.3, 0.4) is 0 Å². The number of hydrogen-bond donors (Lipinski definition) is 2. The summed E-state index contributed by atoms with van der Waals surface area (Å²) in [5, 5.41) is 19.5. The highest BCUT2D eigenvalue weighted by Crippen LogP contribution is 2.29. The van der Waals surface area contributed by atoms with Gasteiger partial charge in [0, 0.05) is 5.56 Å². The second-order valence-electron chi connectivity index (χ2n) is 3.95. The van der Waals surface area contributed by atoms with Crippen molar-refractivity contribution in [2.45, 2.75) is 32.0 Å². The maximum Gasteiger partial charge on any atom is 0.308 e. The number of halogens is 2. The molecule has 0 heterocycles. The van der Waals surface area contributed by atoms with E-state index in [1.54, 1.807) is 6.92 Å². The molecule has 2 N–H and O–H groups in total. The SMILES string of the molecule is CCOC(=O)CC(O)C(O)c1ccccc1C(F)F. The molecule has 0 fully saturated rings. The zero-order valence-corrected chi connectivity index (χ0v) is 10.4. The van der Waals surface area contributed by atoms with Crippen LogP contribution in [0.5, 0.6) is 0 Å². The standard InChI is InChI=1S/C13H16F2O4/c1-2-19-11(17)7-10(16)12(18)8-5-3-4-6-9(8)13(14)15/h3-6,10,12-13,16,18H,2,7H2,1H3. The van der Waals surface area contributed by atoms with E-state index in [0.717, 1.165) is 0 Å². The summed E-state index contributed by atoms with van der Waals surface area (Å²) in [5.74, 6) is -0.691. The van der Waals surface area contributed by atoms with E-state index in [0.29, 0.717) is 0 Å². The lowest BCUT2D eigenvalue weighted by Gasteiger charge is -2.20. The van der Waals surface area contributed by atoms with Crippen molar-refractivity contribution in [1.82, 2.24) is 0 Å². The number of rotatable bonds is 6. The minimum absolute atomic E-state index is 0.0886. The Labute approximate surface area is 109 Å². The Bertz CT molecular complexity index is 423. The zero-order chi connectivity index (χ0) is 14.4. The minimum atomic E-state index is -2.76. The minimum Gasteiger partial charge on any atom is -0.466 e. The molecule has 19 heavy (non-hydrogen) atoms. The normalized spacial score (nSPS) is 14.2. The van der Waals surface area contributed by atoms with Gasteiger partial charge >= 0.3 is 5.97 Å². The van der Waals surface area contributed by atoms with Crippen molar-refractivity contribution in [3.8, 4) is 0 Å². The third-order valence-electron chi connectivity index (χ3n) is 2.60. The molecule has 106 valence electrons. The summed E-state index contributed by atoms with van der Waals surface area (Å²) in [5.41, 5.74) is -0.452. The number of carbonyl (C=O) groups is 1. The van der Waals surface area contributed by atoms with Gasteiger partial charge in [0.15, 0.2) is 0 Å². The van der Waals surface area contributed by atoms with Crippen LogP contribution in [-0.4, -0.2) is 28.9 Å². The van der Waals surface area contributed by atoms with Crippen LogP contribution in [0.4, 0.5) is 8.78 Å². The predicted octanol–water partition coefficient (Wildman–Crippen LogP) is 1.97. The number of alkyl halides is 2. The number of esters is 1. The number of aliphatic hydroxyl groups excluding tert-OH is 2. The number of aliphatic hydroxyl groups is 2. The maximum atomic E-state index is 12.8. The van der Waals surface area contributed by atoms with E-state index in [1.807, 2.05) is 0 Å². The maximum absolute atomic E-state index is 12.8. The first kappa shape index (κ1) is 15.5. The van der Waals surface area contributed by atoms with Crippen LogP contribution in [0.2, 0.25) is 0 Å². The molecular weight excluding hydrogens is 258 g/mol. The molecule has 0 saturated carbocycles. The second kappa shape index (κ2) is 7.16. The highest BCUT2D eigenvalue weighted by atomic mass is 19.3. The lowest BCUT2D eigenvalue weighted by atomic mass is 9.97. The van der Waals surface area contributed by atoms with Gasteiger partial charge in [-0.3, -0.25) is 4.79 Å². The Morgan fingerprint density at radius 3 is 2.37 bits per heavy atom. The Morgan fingerprint density at radius 2 is 1.84 bits per heavy atom. The first-order valence-electron chi connectivity index (χ1n) is 5.86. The molecule has 1 aromatic carbocycles. The van der Waals surface area contributed by atoms with Crippen molar-refractivity contribution < 1.29 is 28.5 Å². The number of benzene rings is 1. The van der Waals surface area contributed by atoms with Crippen LogP contribution in [-0.2, 0) is 9.53 Å². The number of carbonyl (C=O) groups excluding carboxylic acids is 1. The van der Waals surface area contributed by atoms with Crippen LogP contribution in [0.15, 0.2) is 24.3 Å². The highest BCUT2D eigenvalue weighted by Gasteiger charge is 2.26. The van der Waals surface area contributed by atoms with Gasteiger partial charge in [0.2, 0.25) is 0 Å². The van der Waals surface area contributed by atoms with Gasteiger partial charge in [-0.25, -0.2) is 8.78 Å². The molecular formula is C13H16F2O4. The van der Waals surface area contributed by atoms with Gasteiger partial charge in [-0.05, 0) is 12.5 Å². The third-order valence-corrected chi connectivity index (χ3v) is 2.60. The Balaban J connectivity index is 2.82. The molecule has 0 spiro atoms. The van der Waals surface area contributed by atoms with Crippen molar-refractivity contribution in [2.75, 3.05) is 6.61 Å². The largest absolute Gasteiger partial charge is 0.466 e. The fourth-order valence-electron chi connectivity index (χ4n) is 1.69. The first-order valence-corrected chi connectivity index (χ1v) is 5.86. The zero-order valence-electron chi connectivity index (χ0n) is 10.4. The summed E-state index contributed by atoms with van der Waals surface area (Å²) in [6.07, 6.45) is -6.26. The Morgan fingerprint density at radius 1 is 1.26 bits per heavy atom. The molecule has 0 aromatic heterocycles. The molecule has 0 amide bonds. The molecule has 2 unspecified atom stereocenters. The molecule has 0 aliphatic heterocycles.